The molecule has 0 radical (unpaired) electrons. The summed E-state index contributed by atoms with van der Waals surface area (Å²) in [5.41, 5.74) is 2.21. The molecule has 6 nitrogen and oxygen atoms in total. The molecule has 2 N–H and O–H groups in total. The Hall–Kier alpha value is -3.28. The van der Waals surface area contributed by atoms with Gasteiger partial charge in [0.05, 0.1) is 13.7 Å². The van der Waals surface area contributed by atoms with E-state index in [4.69, 9.17) is 9.47 Å². The average molecular weight is 380 g/mol. The molecule has 2 aromatic rings. The molecule has 1 fully saturated rings. The first-order valence-corrected chi connectivity index (χ1v) is 9.30. The van der Waals surface area contributed by atoms with Gasteiger partial charge in [-0.05, 0) is 67.8 Å². The molecule has 0 bridgehead atoms. The van der Waals surface area contributed by atoms with Gasteiger partial charge in [-0.1, -0.05) is 6.07 Å². The summed E-state index contributed by atoms with van der Waals surface area (Å²) in [6.45, 7) is 2.46. The van der Waals surface area contributed by atoms with Crippen LogP contribution >= 0.6 is 0 Å². The fourth-order valence-electron chi connectivity index (χ4n) is 2.65. The molecular formula is C22H24N2O4. The number of rotatable bonds is 8. The largest absolute Gasteiger partial charge is 0.493 e. The van der Waals surface area contributed by atoms with Crippen LogP contribution in [0, 0.1) is 5.92 Å². The monoisotopic (exact) mass is 380 g/mol. The van der Waals surface area contributed by atoms with Crippen LogP contribution < -0.4 is 20.1 Å². The Labute approximate surface area is 164 Å². The summed E-state index contributed by atoms with van der Waals surface area (Å²) in [6, 6.07) is 12.5. The zero-order valence-electron chi connectivity index (χ0n) is 16.0. The van der Waals surface area contributed by atoms with Gasteiger partial charge >= 0.3 is 0 Å². The summed E-state index contributed by atoms with van der Waals surface area (Å²) in [7, 11) is 1.58. The minimum Gasteiger partial charge on any atom is -0.493 e. The molecule has 2 amide bonds. The van der Waals surface area contributed by atoms with Crippen LogP contribution in [-0.4, -0.2) is 25.5 Å². The standard InChI is InChI=1S/C22H24N2O4/c1-3-28-19-12-4-15(14-20(19)27-2)5-13-21(25)23-17-8-10-18(11-9-17)24-22(26)16-6-7-16/h4-5,8-14,16H,3,6-7H2,1-2H3,(H,23,25)(H,24,26)/b13-5+. The molecule has 1 aliphatic rings. The molecule has 0 spiro atoms. The minimum atomic E-state index is -0.248. The highest BCUT2D eigenvalue weighted by atomic mass is 16.5. The molecule has 1 saturated carbocycles. The van der Waals surface area contributed by atoms with Crippen molar-refractivity contribution in [1.82, 2.24) is 0 Å². The van der Waals surface area contributed by atoms with Crippen LogP contribution in [0.25, 0.3) is 6.08 Å². The molecule has 28 heavy (non-hydrogen) atoms. The minimum absolute atomic E-state index is 0.0607. The van der Waals surface area contributed by atoms with E-state index in [2.05, 4.69) is 10.6 Å². The van der Waals surface area contributed by atoms with Gasteiger partial charge in [-0.3, -0.25) is 9.59 Å². The van der Waals surface area contributed by atoms with Gasteiger partial charge in [0.1, 0.15) is 0 Å². The number of carbonyl (C=O) groups is 2. The van der Waals surface area contributed by atoms with Gasteiger partial charge in [-0.15, -0.1) is 0 Å². The van der Waals surface area contributed by atoms with Gasteiger partial charge in [0, 0.05) is 23.4 Å². The normalized spacial score (nSPS) is 13.2. The second kappa shape index (κ2) is 9.08. The average Bonchev–Trinajstić information content (AvgIpc) is 3.54. The van der Waals surface area contributed by atoms with Crippen molar-refractivity contribution >= 4 is 29.3 Å². The van der Waals surface area contributed by atoms with Gasteiger partial charge in [-0.25, -0.2) is 0 Å². The van der Waals surface area contributed by atoms with Gasteiger partial charge in [0.2, 0.25) is 11.8 Å². The maximum atomic E-state index is 12.1. The Morgan fingerprint density at radius 2 is 1.71 bits per heavy atom. The molecular weight excluding hydrogens is 356 g/mol. The summed E-state index contributed by atoms with van der Waals surface area (Å²) in [5.74, 6) is 1.26. The number of hydrogen-bond donors (Lipinski definition) is 2. The van der Waals surface area contributed by atoms with Crippen molar-refractivity contribution in [1.29, 1.82) is 0 Å². The van der Waals surface area contributed by atoms with E-state index in [-0.39, 0.29) is 17.7 Å². The van der Waals surface area contributed by atoms with Gasteiger partial charge < -0.3 is 20.1 Å². The van der Waals surface area contributed by atoms with Crippen LogP contribution in [0.1, 0.15) is 25.3 Å². The lowest BCUT2D eigenvalue weighted by Crippen LogP contribution is -2.13. The molecule has 0 heterocycles. The van der Waals surface area contributed by atoms with Gasteiger partial charge in [-0.2, -0.15) is 0 Å². The third-order valence-electron chi connectivity index (χ3n) is 4.28. The quantitative estimate of drug-likeness (QED) is 0.676. The lowest BCUT2D eigenvalue weighted by molar-refractivity contribution is -0.117. The van der Waals surface area contributed by atoms with E-state index < -0.39 is 0 Å². The molecule has 2 aromatic carbocycles. The first-order chi connectivity index (χ1) is 13.6. The number of ether oxygens (including phenoxy) is 2. The molecule has 0 aromatic heterocycles. The smallest absolute Gasteiger partial charge is 0.248 e. The molecule has 6 heteroatoms. The predicted molar refractivity (Wildman–Crippen MR) is 110 cm³/mol. The molecule has 3 rings (SSSR count). The van der Waals surface area contributed by atoms with E-state index in [0.717, 1.165) is 24.1 Å². The molecule has 0 saturated heterocycles. The number of methoxy groups -OCH3 is 1. The van der Waals surface area contributed by atoms with Gasteiger partial charge in [0.25, 0.3) is 0 Å². The van der Waals surface area contributed by atoms with Crippen molar-refractivity contribution in [2.24, 2.45) is 5.92 Å². The van der Waals surface area contributed by atoms with E-state index in [0.29, 0.717) is 23.8 Å². The third-order valence-corrected chi connectivity index (χ3v) is 4.28. The zero-order valence-corrected chi connectivity index (χ0v) is 16.0. The fourth-order valence-corrected chi connectivity index (χ4v) is 2.65. The second-order valence-electron chi connectivity index (χ2n) is 6.51. The van der Waals surface area contributed by atoms with Crippen molar-refractivity contribution in [2.45, 2.75) is 19.8 Å². The van der Waals surface area contributed by atoms with Crippen molar-refractivity contribution in [3.05, 3.63) is 54.1 Å². The molecule has 0 aliphatic heterocycles. The maximum Gasteiger partial charge on any atom is 0.248 e. The number of benzene rings is 2. The Bertz CT molecular complexity index is 871. The van der Waals surface area contributed by atoms with Crippen LogP contribution in [0.15, 0.2) is 48.5 Å². The van der Waals surface area contributed by atoms with E-state index in [1.54, 1.807) is 37.5 Å². The summed E-state index contributed by atoms with van der Waals surface area (Å²) < 4.78 is 10.8. The summed E-state index contributed by atoms with van der Waals surface area (Å²) in [4.78, 5) is 23.9. The van der Waals surface area contributed by atoms with Crippen molar-refractivity contribution in [2.75, 3.05) is 24.4 Å². The first kappa shape index (κ1) is 19.5. The van der Waals surface area contributed by atoms with E-state index >= 15 is 0 Å². The number of anilines is 2. The van der Waals surface area contributed by atoms with Crippen molar-refractivity contribution in [3.63, 3.8) is 0 Å². The number of hydrogen-bond acceptors (Lipinski definition) is 4. The van der Waals surface area contributed by atoms with Crippen LogP contribution in [0.5, 0.6) is 11.5 Å². The maximum absolute atomic E-state index is 12.1. The summed E-state index contributed by atoms with van der Waals surface area (Å²) >= 11 is 0. The van der Waals surface area contributed by atoms with E-state index in [1.807, 2.05) is 25.1 Å². The number of carbonyl (C=O) groups excluding carboxylic acids is 2. The lowest BCUT2D eigenvalue weighted by atomic mass is 10.2. The fraction of sp³-hybridized carbons (Fsp3) is 0.273. The van der Waals surface area contributed by atoms with Crippen molar-refractivity contribution < 1.29 is 19.1 Å². The third kappa shape index (κ3) is 5.36. The summed E-state index contributed by atoms with van der Waals surface area (Å²) in [6.07, 6.45) is 5.09. The molecule has 0 unspecified atom stereocenters. The van der Waals surface area contributed by atoms with Crippen molar-refractivity contribution in [3.8, 4) is 11.5 Å². The first-order valence-electron chi connectivity index (χ1n) is 9.30. The van der Waals surface area contributed by atoms with E-state index in [9.17, 15) is 9.59 Å². The molecule has 146 valence electrons. The van der Waals surface area contributed by atoms with Crippen LogP contribution in [0.3, 0.4) is 0 Å². The van der Waals surface area contributed by atoms with E-state index in [1.165, 1.54) is 6.08 Å². The topological polar surface area (TPSA) is 76.7 Å². The van der Waals surface area contributed by atoms with Crippen LogP contribution in [-0.2, 0) is 9.59 Å². The SMILES string of the molecule is CCOc1ccc(/C=C/C(=O)Nc2ccc(NC(=O)C3CC3)cc2)cc1OC. The highest BCUT2D eigenvalue weighted by Crippen LogP contribution is 2.30. The Kier molecular flexibility index (Phi) is 6.32. The number of amides is 2. The molecule has 0 atom stereocenters. The predicted octanol–water partition coefficient (Wildman–Crippen LogP) is 4.09. The molecule has 1 aliphatic carbocycles. The second-order valence-corrected chi connectivity index (χ2v) is 6.51. The zero-order chi connectivity index (χ0) is 19.9. The Morgan fingerprint density at radius 3 is 2.32 bits per heavy atom. The van der Waals surface area contributed by atoms with Gasteiger partial charge in [0.15, 0.2) is 11.5 Å². The Balaban J connectivity index is 1.56. The Morgan fingerprint density at radius 1 is 1.04 bits per heavy atom. The highest BCUT2D eigenvalue weighted by Gasteiger charge is 2.29. The van der Waals surface area contributed by atoms with Crippen LogP contribution in [0.2, 0.25) is 0 Å². The lowest BCUT2D eigenvalue weighted by Gasteiger charge is -2.09. The number of nitrogens with one attached hydrogen (secondary N) is 2. The van der Waals surface area contributed by atoms with Crippen LogP contribution in [0.4, 0.5) is 11.4 Å². The highest BCUT2D eigenvalue weighted by molar-refractivity contribution is 6.02. The summed E-state index contributed by atoms with van der Waals surface area (Å²) in [5, 5.41) is 5.66.